The van der Waals surface area contributed by atoms with Crippen LogP contribution in [-0.2, 0) is 105 Å². The quantitative estimate of drug-likeness (QED) is 0.144. The van der Waals surface area contributed by atoms with E-state index in [1.165, 1.54) is 6.92 Å². The van der Waals surface area contributed by atoms with Crippen LogP contribution in [0.5, 0.6) is 0 Å². The second-order valence-corrected chi connectivity index (χ2v) is 13.1. The molecule has 0 aromatic carbocycles. The van der Waals surface area contributed by atoms with E-state index in [1.54, 1.807) is 0 Å². The van der Waals surface area contributed by atoms with Crippen molar-refractivity contribution >= 4 is 53.7 Å². The van der Waals surface area contributed by atoms with Crippen molar-refractivity contribution in [2.45, 2.75) is 154 Å². The summed E-state index contributed by atoms with van der Waals surface area (Å²) in [5.41, 5.74) is 0. The molecule has 0 amide bonds. The molecular weight excluding hydrogens is 792 g/mol. The Bertz CT molecular complexity index is 1560. The molecule has 326 valence electrons. The monoisotopic (exact) mass is 838 g/mol. The van der Waals surface area contributed by atoms with E-state index in [9.17, 15) is 53.4 Å². The van der Waals surface area contributed by atoms with Crippen LogP contribution in [0.15, 0.2) is 0 Å². The van der Waals surface area contributed by atoms with E-state index in [4.69, 9.17) is 61.6 Å². The third kappa shape index (κ3) is 12.7. The van der Waals surface area contributed by atoms with Crippen molar-refractivity contribution in [2.75, 3.05) is 6.61 Å². The van der Waals surface area contributed by atoms with Gasteiger partial charge in [0.15, 0.2) is 42.7 Å². The minimum atomic E-state index is -2.10. The van der Waals surface area contributed by atoms with E-state index in [2.05, 4.69) is 0 Å². The standard InChI is InChI=1S/C34H46O24/c1-11-21(43)23(48-12(2)35)28(52-16(6)39)32(47-11)58-34-29(53-17(7)40)24(49-13(3)36)22(44)20(56-34)10-46-31(45)27-25(50-14(4)37)26(51-15(5)38)30(54-18(8)41)33(57-27)55-19(9)42/h11,20-30,32-34,43-44H,10H2,1-9H3/t11-,20-,21-,22-,23+,24+,25+,26+,27+,28-,29-,30-,32-,33-,34-/m1/s1. The molecule has 0 unspecified atom stereocenters. The van der Waals surface area contributed by atoms with Crippen molar-refractivity contribution < 1.29 is 115 Å². The Morgan fingerprint density at radius 1 is 0.431 bits per heavy atom. The van der Waals surface area contributed by atoms with Gasteiger partial charge in [-0.05, 0) is 6.92 Å². The van der Waals surface area contributed by atoms with Gasteiger partial charge in [0.2, 0.25) is 25.0 Å². The molecule has 0 spiro atoms. The molecule has 24 heteroatoms. The summed E-state index contributed by atoms with van der Waals surface area (Å²) in [4.78, 5) is 111. The van der Waals surface area contributed by atoms with Gasteiger partial charge in [-0.15, -0.1) is 0 Å². The highest BCUT2D eigenvalue weighted by atomic mass is 16.8. The second kappa shape index (κ2) is 20.6. The Hall–Kier alpha value is -5.01. The summed E-state index contributed by atoms with van der Waals surface area (Å²) in [6.07, 6.45) is -26.7. The average molecular weight is 839 g/mol. The number of carbonyl (C=O) groups is 9. The van der Waals surface area contributed by atoms with Crippen LogP contribution >= 0.6 is 0 Å². The van der Waals surface area contributed by atoms with E-state index in [1.807, 2.05) is 0 Å². The summed E-state index contributed by atoms with van der Waals surface area (Å²) < 4.78 is 70.3. The molecule has 58 heavy (non-hydrogen) atoms. The first kappa shape index (κ1) is 47.4. The van der Waals surface area contributed by atoms with E-state index < -0.39 is 152 Å². The molecule has 3 rings (SSSR count). The topological polar surface area (TPSA) is 314 Å². The van der Waals surface area contributed by atoms with E-state index in [0.717, 1.165) is 55.4 Å². The van der Waals surface area contributed by atoms with Crippen LogP contribution in [0, 0.1) is 0 Å². The molecule has 0 aliphatic carbocycles. The molecule has 3 aliphatic rings. The second-order valence-electron chi connectivity index (χ2n) is 13.1. The van der Waals surface area contributed by atoms with Gasteiger partial charge in [-0.2, -0.15) is 0 Å². The molecule has 24 nitrogen and oxygen atoms in total. The summed E-state index contributed by atoms with van der Waals surface area (Å²) in [6, 6.07) is 0. The van der Waals surface area contributed by atoms with Gasteiger partial charge in [0.05, 0.1) is 6.10 Å². The van der Waals surface area contributed by atoms with Gasteiger partial charge in [0.25, 0.3) is 0 Å². The molecular formula is C34H46O24. The highest BCUT2D eigenvalue weighted by Gasteiger charge is 2.58. The van der Waals surface area contributed by atoms with E-state index in [-0.39, 0.29) is 0 Å². The first-order chi connectivity index (χ1) is 27.0. The summed E-state index contributed by atoms with van der Waals surface area (Å²) in [5, 5.41) is 22.1. The van der Waals surface area contributed by atoms with Crippen molar-refractivity contribution in [3.63, 3.8) is 0 Å². The zero-order valence-electron chi connectivity index (χ0n) is 32.7. The lowest BCUT2D eigenvalue weighted by atomic mass is 9.97. The summed E-state index contributed by atoms with van der Waals surface area (Å²) >= 11 is 0. The minimum Gasteiger partial charge on any atom is -0.461 e. The molecule has 0 radical (unpaired) electrons. The van der Waals surface area contributed by atoms with Crippen LogP contribution < -0.4 is 0 Å². The first-order valence-electron chi connectivity index (χ1n) is 17.5. The van der Waals surface area contributed by atoms with Gasteiger partial charge in [-0.3, -0.25) is 38.4 Å². The van der Waals surface area contributed by atoms with Crippen LogP contribution in [0.3, 0.4) is 0 Å². The van der Waals surface area contributed by atoms with Crippen molar-refractivity contribution in [1.82, 2.24) is 0 Å². The number of carbonyl (C=O) groups excluding carboxylic acids is 9. The third-order valence-electron chi connectivity index (χ3n) is 8.16. The molecule has 2 N–H and O–H groups in total. The number of esters is 9. The number of ether oxygens (including phenoxy) is 13. The first-order valence-corrected chi connectivity index (χ1v) is 17.5. The Labute approximate surface area is 329 Å². The highest BCUT2D eigenvalue weighted by molar-refractivity contribution is 5.77. The lowest BCUT2D eigenvalue weighted by Crippen LogP contribution is -2.66. The largest absolute Gasteiger partial charge is 0.461 e. The Balaban J connectivity index is 2.02. The van der Waals surface area contributed by atoms with Crippen LogP contribution in [0.25, 0.3) is 0 Å². The maximum absolute atomic E-state index is 13.8. The Kier molecular flexibility index (Phi) is 16.8. The minimum absolute atomic E-state index is 0.890. The smallest absolute Gasteiger partial charge is 0.339 e. The number of rotatable bonds is 13. The number of aliphatic hydroxyl groups excluding tert-OH is 2. The fourth-order valence-corrected chi connectivity index (χ4v) is 6.12. The van der Waals surface area contributed by atoms with Crippen LogP contribution in [0.2, 0.25) is 0 Å². The lowest BCUT2D eigenvalue weighted by molar-refractivity contribution is -0.374. The van der Waals surface area contributed by atoms with Crippen LogP contribution in [-0.4, -0.2) is 163 Å². The van der Waals surface area contributed by atoms with Gasteiger partial charge >= 0.3 is 53.7 Å². The fourth-order valence-electron chi connectivity index (χ4n) is 6.12. The van der Waals surface area contributed by atoms with Crippen LogP contribution in [0.1, 0.15) is 62.3 Å². The van der Waals surface area contributed by atoms with Crippen molar-refractivity contribution in [3.05, 3.63) is 0 Å². The SMILES string of the molecule is CC(=O)O[C@@H]1O[C@H](C(=O)OC[C@H]2O[C@H](O[C@H]3O[C@H](C)[C@@H](O)[C@H](OC(C)=O)[C@H]3OC(C)=O)[C@H](OC(C)=O)[C@@H](OC(C)=O)[C@@H]2O)[C@@H](OC(C)=O)[C@H](OC(C)=O)[C@H]1OC(C)=O. The van der Waals surface area contributed by atoms with Gasteiger partial charge in [0, 0.05) is 55.4 Å². The molecule has 0 aromatic heterocycles. The highest BCUT2D eigenvalue weighted by Crippen LogP contribution is 2.34. The molecule has 0 bridgehead atoms. The van der Waals surface area contributed by atoms with Crippen molar-refractivity contribution in [3.8, 4) is 0 Å². The summed E-state index contributed by atoms with van der Waals surface area (Å²) in [7, 11) is 0. The maximum Gasteiger partial charge on any atom is 0.339 e. The molecule has 3 heterocycles. The molecule has 0 aromatic rings. The Morgan fingerprint density at radius 2 is 0.793 bits per heavy atom. The molecule has 0 saturated carbocycles. The molecule has 3 saturated heterocycles. The van der Waals surface area contributed by atoms with E-state index >= 15 is 0 Å². The average Bonchev–Trinajstić information content (AvgIpc) is 3.08. The van der Waals surface area contributed by atoms with Crippen molar-refractivity contribution in [2.24, 2.45) is 0 Å². The van der Waals surface area contributed by atoms with Gasteiger partial charge in [-0.25, -0.2) is 4.79 Å². The normalized spacial score (nSPS) is 34.5. The molecule has 15 atom stereocenters. The van der Waals surface area contributed by atoms with Gasteiger partial charge in [0.1, 0.15) is 24.9 Å². The van der Waals surface area contributed by atoms with Crippen LogP contribution in [0.4, 0.5) is 0 Å². The number of hydrogen-bond acceptors (Lipinski definition) is 24. The van der Waals surface area contributed by atoms with E-state index in [0.29, 0.717) is 0 Å². The fraction of sp³-hybridized carbons (Fsp3) is 0.735. The number of aliphatic hydroxyl groups is 2. The predicted octanol–water partition coefficient (Wildman–Crippen LogP) is -2.45. The number of hydrogen-bond donors (Lipinski definition) is 2. The molecule has 3 fully saturated rings. The van der Waals surface area contributed by atoms with Gasteiger partial charge < -0.3 is 71.8 Å². The molecule has 3 aliphatic heterocycles. The summed E-state index contributed by atoms with van der Waals surface area (Å²) in [5.74, 6) is -9.32. The van der Waals surface area contributed by atoms with Gasteiger partial charge in [-0.1, -0.05) is 0 Å². The Morgan fingerprint density at radius 3 is 1.24 bits per heavy atom. The lowest BCUT2D eigenvalue weighted by Gasteiger charge is -2.47. The summed E-state index contributed by atoms with van der Waals surface area (Å²) in [6.45, 7) is 8.02. The van der Waals surface area contributed by atoms with Crippen molar-refractivity contribution in [1.29, 1.82) is 0 Å². The third-order valence-corrected chi connectivity index (χ3v) is 8.16. The zero-order valence-corrected chi connectivity index (χ0v) is 32.7. The zero-order chi connectivity index (χ0) is 43.8. The maximum atomic E-state index is 13.8. The predicted molar refractivity (Wildman–Crippen MR) is 176 cm³/mol.